The molecule has 1 aromatic rings. The number of carbonyl (C=O) groups is 2. The number of carboxylic acid groups (broad SMARTS) is 1. The van der Waals surface area contributed by atoms with E-state index in [-0.39, 0.29) is 25.0 Å². The predicted molar refractivity (Wildman–Crippen MR) is 73.8 cm³/mol. The molecule has 1 aromatic carbocycles. The molecule has 0 spiro atoms. The maximum Gasteiger partial charge on any atom is 0.334 e. The summed E-state index contributed by atoms with van der Waals surface area (Å²) in [6, 6.07) is 5.30. The number of carboxylic acids is 1. The number of halogens is 1. The summed E-state index contributed by atoms with van der Waals surface area (Å²) in [5.41, 5.74) is 0.572. The summed E-state index contributed by atoms with van der Waals surface area (Å²) in [4.78, 5) is 26.4. The molecule has 0 radical (unpaired) electrons. The van der Waals surface area contributed by atoms with Gasteiger partial charge in [0.15, 0.2) is 6.10 Å². The number of rotatable bonds is 3. The van der Waals surface area contributed by atoms with Crippen LogP contribution in [0.2, 0.25) is 0 Å². The first-order chi connectivity index (χ1) is 10.0. The lowest BCUT2D eigenvalue weighted by molar-refractivity contribution is -0.154. The average molecular weight is 296 g/mol. The van der Waals surface area contributed by atoms with Crippen molar-refractivity contribution >= 4 is 17.7 Å². The SMILES string of the molecule is CCN(C(=O)N1CCOC(C(=O)O)C1)c1ccc(F)cc1. The molecule has 2 rings (SSSR count). The van der Waals surface area contributed by atoms with E-state index in [4.69, 9.17) is 9.84 Å². The minimum absolute atomic E-state index is 0.00581. The maximum atomic E-state index is 13.0. The summed E-state index contributed by atoms with van der Waals surface area (Å²) in [6.45, 7) is 2.73. The minimum Gasteiger partial charge on any atom is -0.479 e. The van der Waals surface area contributed by atoms with Gasteiger partial charge in [0, 0.05) is 18.8 Å². The summed E-state index contributed by atoms with van der Waals surface area (Å²) in [5, 5.41) is 8.96. The molecule has 6 nitrogen and oxygen atoms in total. The number of hydrogen-bond donors (Lipinski definition) is 1. The Morgan fingerprint density at radius 3 is 2.67 bits per heavy atom. The van der Waals surface area contributed by atoms with Crippen LogP contribution in [0.25, 0.3) is 0 Å². The fourth-order valence-corrected chi connectivity index (χ4v) is 2.19. The van der Waals surface area contributed by atoms with Crippen molar-refractivity contribution in [2.75, 3.05) is 31.1 Å². The molecule has 0 aliphatic carbocycles. The number of amides is 2. The van der Waals surface area contributed by atoms with Gasteiger partial charge in [-0.05, 0) is 31.2 Å². The van der Waals surface area contributed by atoms with E-state index in [9.17, 15) is 14.0 Å². The molecule has 2 amide bonds. The van der Waals surface area contributed by atoms with Crippen LogP contribution in [0.1, 0.15) is 6.92 Å². The van der Waals surface area contributed by atoms with Gasteiger partial charge in [0.05, 0.1) is 13.2 Å². The van der Waals surface area contributed by atoms with Crippen LogP contribution in [0.4, 0.5) is 14.9 Å². The normalized spacial score (nSPS) is 18.4. The molecule has 1 aliphatic heterocycles. The summed E-state index contributed by atoms with van der Waals surface area (Å²) in [7, 11) is 0. The Hall–Kier alpha value is -2.15. The van der Waals surface area contributed by atoms with Crippen LogP contribution >= 0.6 is 0 Å². The van der Waals surface area contributed by atoms with E-state index in [1.165, 1.54) is 34.1 Å². The van der Waals surface area contributed by atoms with Crippen molar-refractivity contribution in [2.45, 2.75) is 13.0 Å². The topological polar surface area (TPSA) is 70.1 Å². The Balaban J connectivity index is 2.12. The number of anilines is 1. The van der Waals surface area contributed by atoms with E-state index in [2.05, 4.69) is 0 Å². The molecule has 1 N–H and O–H groups in total. The van der Waals surface area contributed by atoms with Crippen molar-refractivity contribution in [3.8, 4) is 0 Å². The van der Waals surface area contributed by atoms with Crippen LogP contribution in [0.3, 0.4) is 0 Å². The van der Waals surface area contributed by atoms with Crippen LogP contribution in [0.15, 0.2) is 24.3 Å². The smallest absolute Gasteiger partial charge is 0.334 e. The second-order valence-corrected chi connectivity index (χ2v) is 4.65. The van der Waals surface area contributed by atoms with E-state index in [1.807, 2.05) is 0 Å². The lowest BCUT2D eigenvalue weighted by atomic mass is 10.2. The van der Waals surface area contributed by atoms with Gasteiger partial charge in [-0.1, -0.05) is 0 Å². The third-order valence-corrected chi connectivity index (χ3v) is 3.30. The summed E-state index contributed by atoms with van der Waals surface area (Å²) in [6.07, 6.45) is -1.00. The molecule has 1 heterocycles. The molecule has 1 unspecified atom stereocenters. The number of carbonyl (C=O) groups excluding carboxylic acids is 1. The Morgan fingerprint density at radius 2 is 2.10 bits per heavy atom. The van der Waals surface area contributed by atoms with Gasteiger partial charge in [0.2, 0.25) is 0 Å². The highest BCUT2D eigenvalue weighted by Gasteiger charge is 2.31. The summed E-state index contributed by atoms with van der Waals surface area (Å²) in [5.74, 6) is -1.46. The largest absolute Gasteiger partial charge is 0.479 e. The van der Waals surface area contributed by atoms with Gasteiger partial charge < -0.3 is 14.7 Å². The highest BCUT2D eigenvalue weighted by molar-refractivity contribution is 5.92. The number of nitrogens with zero attached hydrogens (tertiary/aromatic N) is 2. The monoisotopic (exact) mass is 296 g/mol. The van der Waals surface area contributed by atoms with E-state index < -0.39 is 12.1 Å². The van der Waals surface area contributed by atoms with Crippen molar-refractivity contribution in [1.29, 1.82) is 0 Å². The fraction of sp³-hybridized carbons (Fsp3) is 0.429. The minimum atomic E-state index is -1.09. The molecule has 0 aromatic heterocycles. The fourth-order valence-electron chi connectivity index (χ4n) is 2.19. The number of morpholine rings is 1. The van der Waals surface area contributed by atoms with E-state index in [1.54, 1.807) is 6.92 Å². The van der Waals surface area contributed by atoms with Gasteiger partial charge >= 0.3 is 12.0 Å². The van der Waals surface area contributed by atoms with Gasteiger partial charge in [-0.25, -0.2) is 14.0 Å². The first-order valence-electron chi connectivity index (χ1n) is 6.69. The number of urea groups is 1. The molecular formula is C14H17FN2O4. The third-order valence-electron chi connectivity index (χ3n) is 3.30. The quantitative estimate of drug-likeness (QED) is 0.919. The van der Waals surface area contributed by atoms with Crippen LogP contribution in [0.5, 0.6) is 0 Å². The van der Waals surface area contributed by atoms with Crippen molar-refractivity contribution in [3.63, 3.8) is 0 Å². The lowest BCUT2D eigenvalue weighted by Crippen LogP contribution is -2.53. The van der Waals surface area contributed by atoms with Crippen LogP contribution in [-0.4, -0.2) is 54.4 Å². The molecule has 0 bridgehead atoms. The Labute approximate surface area is 121 Å². The van der Waals surface area contributed by atoms with Gasteiger partial charge in [-0.2, -0.15) is 0 Å². The molecule has 7 heteroatoms. The molecule has 21 heavy (non-hydrogen) atoms. The second kappa shape index (κ2) is 6.53. The zero-order valence-electron chi connectivity index (χ0n) is 11.7. The van der Waals surface area contributed by atoms with E-state index in [0.29, 0.717) is 18.8 Å². The Morgan fingerprint density at radius 1 is 1.43 bits per heavy atom. The number of ether oxygens (including phenoxy) is 1. The first-order valence-corrected chi connectivity index (χ1v) is 6.69. The maximum absolute atomic E-state index is 13.0. The Bertz CT molecular complexity index is 520. The zero-order valence-corrected chi connectivity index (χ0v) is 11.7. The molecular weight excluding hydrogens is 279 g/mol. The summed E-state index contributed by atoms with van der Waals surface area (Å²) < 4.78 is 18.0. The van der Waals surface area contributed by atoms with Crippen molar-refractivity contribution < 1.29 is 23.8 Å². The third kappa shape index (κ3) is 3.49. The van der Waals surface area contributed by atoms with Gasteiger partial charge in [0.1, 0.15) is 5.82 Å². The molecule has 1 atom stereocenters. The molecule has 1 saturated heterocycles. The van der Waals surface area contributed by atoms with E-state index >= 15 is 0 Å². The van der Waals surface area contributed by atoms with Crippen molar-refractivity contribution in [1.82, 2.24) is 4.90 Å². The van der Waals surface area contributed by atoms with Gasteiger partial charge in [-0.3, -0.25) is 4.90 Å². The highest BCUT2D eigenvalue weighted by atomic mass is 19.1. The Kier molecular flexibility index (Phi) is 4.74. The predicted octanol–water partition coefficient (Wildman–Crippen LogP) is 1.56. The van der Waals surface area contributed by atoms with Crippen LogP contribution in [0, 0.1) is 5.82 Å². The molecule has 1 fully saturated rings. The van der Waals surface area contributed by atoms with Crippen LogP contribution in [-0.2, 0) is 9.53 Å². The molecule has 1 aliphatic rings. The number of aliphatic carboxylic acids is 1. The van der Waals surface area contributed by atoms with Gasteiger partial charge in [-0.15, -0.1) is 0 Å². The molecule has 114 valence electrons. The first kappa shape index (κ1) is 15.2. The van der Waals surface area contributed by atoms with Crippen molar-refractivity contribution in [3.05, 3.63) is 30.1 Å². The zero-order chi connectivity index (χ0) is 15.4. The van der Waals surface area contributed by atoms with E-state index in [0.717, 1.165) is 0 Å². The molecule has 0 saturated carbocycles. The average Bonchev–Trinajstić information content (AvgIpc) is 2.50. The lowest BCUT2D eigenvalue weighted by Gasteiger charge is -2.34. The summed E-state index contributed by atoms with van der Waals surface area (Å²) >= 11 is 0. The van der Waals surface area contributed by atoms with Gasteiger partial charge in [0.25, 0.3) is 0 Å². The highest BCUT2D eigenvalue weighted by Crippen LogP contribution is 2.18. The van der Waals surface area contributed by atoms with Crippen LogP contribution < -0.4 is 4.90 Å². The van der Waals surface area contributed by atoms with Crippen molar-refractivity contribution in [2.24, 2.45) is 0 Å². The number of benzene rings is 1. The second-order valence-electron chi connectivity index (χ2n) is 4.65. The number of hydrogen-bond acceptors (Lipinski definition) is 3. The standard InChI is InChI=1S/C14H17FN2O4/c1-2-17(11-5-3-10(15)4-6-11)14(20)16-7-8-21-12(9-16)13(18)19/h3-6,12H,2,7-9H2,1H3,(H,18,19).